The number of carboxylic acid groups (broad SMARTS) is 1. The van der Waals surface area contributed by atoms with Gasteiger partial charge in [-0.3, -0.25) is 4.79 Å². The highest BCUT2D eigenvalue weighted by atomic mass is 16.4. The zero-order chi connectivity index (χ0) is 17.2. The Morgan fingerprint density at radius 3 is 2.29 bits per heavy atom. The SMILES string of the molecule is N#Cc1ccc(CC2(CN)CCN(CC3(C(=O)O)CC3)CC2)cc1. The van der Waals surface area contributed by atoms with Gasteiger partial charge in [0.25, 0.3) is 0 Å². The molecule has 0 radical (unpaired) electrons. The molecule has 5 nitrogen and oxygen atoms in total. The van der Waals surface area contributed by atoms with E-state index < -0.39 is 11.4 Å². The second-order valence-corrected chi connectivity index (χ2v) is 7.55. The summed E-state index contributed by atoms with van der Waals surface area (Å²) in [4.78, 5) is 13.7. The Labute approximate surface area is 143 Å². The summed E-state index contributed by atoms with van der Waals surface area (Å²) >= 11 is 0. The van der Waals surface area contributed by atoms with Gasteiger partial charge >= 0.3 is 5.97 Å². The fraction of sp³-hybridized carbons (Fsp3) is 0.579. The van der Waals surface area contributed by atoms with Crippen molar-refractivity contribution < 1.29 is 9.90 Å². The van der Waals surface area contributed by atoms with Gasteiger partial charge in [0.05, 0.1) is 17.0 Å². The first-order valence-corrected chi connectivity index (χ1v) is 8.66. The van der Waals surface area contributed by atoms with Crippen LogP contribution in [-0.4, -0.2) is 42.2 Å². The minimum Gasteiger partial charge on any atom is -0.481 e. The number of nitrogens with zero attached hydrogens (tertiary/aromatic N) is 2. The van der Waals surface area contributed by atoms with Crippen LogP contribution in [0.3, 0.4) is 0 Å². The summed E-state index contributed by atoms with van der Waals surface area (Å²) < 4.78 is 0. The van der Waals surface area contributed by atoms with Crippen LogP contribution in [0.1, 0.15) is 36.8 Å². The van der Waals surface area contributed by atoms with Crippen LogP contribution in [0, 0.1) is 22.2 Å². The molecule has 3 N–H and O–H groups in total. The molecule has 1 saturated heterocycles. The third kappa shape index (κ3) is 3.45. The number of nitriles is 1. The van der Waals surface area contributed by atoms with Crippen LogP contribution in [0.4, 0.5) is 0 Å². The van der Waals surface area contributed by atoms with Crippen molar-refractivity contribution in [1.29, 1.82) is 5.26 Å². The predicted molar refractivity (Wildman–Crippen MR) is 91.3 cm³/mol. The molecule has 24 heavy (non-hydrogen) atoms. The zero-order valence-corrected chi connectivity index (χ0v) is 14.0. The van der Waals surface area contributed by atoms with Crippen molar-refractivity contribution in [2.24, 2.45) is 16.6 Å². The molecule has 0 bridgehead atoms. The summed E-state index contributed by atoms with van der Waals surface area (Å²) in [7, 11) is 0. The largest absolute Gasteiger partial charge is 0.481 e. The maximum absolute atomic E-state index is 11.4. The number of aliphatic carboxylic acids is 1. The van der Waals surface area contributed by atoms with Gasteiger partial charge in [-0.05, 0) is 74.8 Å². The topological polar surface area (TPSA) is 90.4 Å². The maximum Gasteiger partial charge on any atom is 0.310 e. The van der Waals surface area contributed by atoms with Crippen molar-refractivity contribution in [3.05, 3.63) is 35.4 Å². The molecule has 2 aliphatic rings. The average Bonchev–Trinajstić information content (AvgIpc) is 3.38. The Kier molecular flexibility index (Phi) is 4.62. The second-order valence-electron chi connectivity index (χ2n) is 7.55. The van der Waals surface area contributed by atoms with Gasteiger partial charge in [0, 0.05) is 6.54 Å². The predicted octanol–water partition coefficient (Wildman–Crippen LogP) is 2.01. The van der Waals surface area contributed by atoms with Crippen LogP contribution in [0.2, 0.25) is 0 Å². The maximum atomic E-state index is 11.4. The highest BCUT2D eigenvalue weighted by Gasteiger charge is 2.51. The summed E-state index contributed by atoms with van der Waals surface area (Å²) in [6.45, 7) is 3.16. The van der Waals surface area contributed by atoms with E-state index in [1.54, 1.807) is 0 Å². The van der Waals surface area contributed by atoms with Gasteiger partial charge in [-0.2, -0.15) is 5.26 Å². The van der Waals surface area contributed by atoms with Crippen LogP contribution in [0.15, 0.2) is 24.3 Å². The molecule has 128 valence electrons. The van der Waals surface area contributed by atoms with Gasteiger partial charge in [-0.15, -0.1) is 0 Å². The summed E-state index contributed by atoms with van der Waals surface area (Å²) in [5.74, 6) is -0.643. The lowest BCUT2D eigenvalue weighted by Crippen LogP contribution is -2.47. The summed E-state index contributed by atoms with van der Waals surface area (Å²) in [6.07, 6.45) is 4.55. The molecule has 1 heterocycles. The Morgan fingerprint density at radius 1 is 1.21 bits per heavy atom. The Morgan fingerprint density at radius 2 is 1.83 bits per heavy atom. The molecule has 0 spiro atoms. The van der Waals surface area contributed by atoms with E-state index in [0.717, 1.165) is 45.2 Å². The fourth-order valence-electron chi connectivity index (χ4n) is 3.79. The molecule has 0 aromatic heterocycles. The third-order valence-electron chi connectivity index (χ3n) is 5.85. The normalized spacial score (nSPS) is 21.8. The van der Waals surface area contributed by atoms with Crippen molar-refractivity contribution in [2.45, 2.75) is 32.1 Å². The number of hydrogen-bond acceptors (Lipinski definition) is 4. The lowest BCUT2D eigenvalue weighted by molar-refractivity contribution is -0.144. The molecule has 1 aromatic rings. The van der Waals surface area contributed by atoms with Gasteiger partial charge in [-0.25, -0.2) is 0 Å². The first-order chi connectivity index (χ1) is 11.5. The molecule has 1 saturated carbocycles. The lowest BCUT2D eigenvalue weighted by atomic mass is 9.73. The average molecular weight is 327 g/mol. The molecule has 1 aromatic carbocycles. The van der Waals surface area contributed by atoms with Crippen molar-refractivity contribution in [3.63, 3.8) is 0 Å². The van der Waals surface area contributed by atoms with Gasteiger partial charge in [-0.1, -0.05) is 12.1 Å². The monoisotopic (exact) mass is 327 g/mol. The van der Waals surface area contributed by atoms with Gasteiger partial charge < -0.3 is 15.7 Å². The number of carboxylic acids is 1. The zero-order valence-electron chi connectivity index (χ0n) is 14.0. The molecule has 2 fully saturated rings. The summed E-state index contributed by atoms with van der Waals surface area (Å²) in [5.41, 5.74) is 7.62. The van der Waals surface area contributed by atoms with Crippen molar-refractivity contribution in [2.75, 3.05) is 26.2 Å². The minimum atomic E-state index is -0.643. The first-order valence-electron chi connectivity index (χ1n) is 8.66. The standard InChI is InChI=1S/C19H25N3O2/c20-12-16-3-1-15(2-4-16)11-18(13-21)7-9-22(10-8-18)14-19(5-6-19)17(23)24/h1-4H,5-11,13-14,21H2,(H,23,24). The van der Waals surface area contributed by atoms with Gasteiger partial charge in [0.1, 0.15) is 0 Å². The molecular weight excluding hydrogens is 302 g/mol. The van der Waals surface area contributed by atoms with E-state index in [9.17, 15) is 9.90 Å². The quantitative estimate of drug-likeness (QED) is 0.834. The second kappa shape index (κ2) is 6.54. The molecule has 0 amide bonds. The summed E-state index contributed by atoms with van der Waals surface area (Å²) in [5, 5.41) is 18.2. The number of hydrogen-bond donors (Lipinski definition) is 2. The number of benzene rings is 1. The van der Waals surface area contributed by atoms with Crippen molar-refractivity contribution in [1.82, 2.24) is 4.90 Å². The highest BCUT2D eigenvalue weighted by molar-refractivity contribution is 5.78. The fourth-order valence-corrected chi connectivity index (χ4v) is 3.79. The molecule has 0 unspecified atom stereocenters. The molecular formula is C19H25N3O2. The van der Waals surface area contributed by atoms with E-state index in [-0.39, 0.29) is 5.41 Å². The molecule has 0 atom stereocenters. The lowest BCUT2D eigenvalue weighted by Gasteiger charge is -2.42. The molecule has 3 rings (SSSR count). The van der Waals surface area contributed by atoms with Crippen LogP contribution in [0.25, 0.3) is 0 Å². The number of piperidine rings is 1. The third-order valence-corrected chi connectivity index (χ3v) is 5.85. The van der Waals surface area contributed by atoms with Crippen LogP contribution in [0.5, 0.6) is 0 Å². The number of likely N-dealkylation sites (tertiary alicyclic amines) is 1. The minimum absolute atomic E-state index is 0.0879. The molecule has 5 heteroatoms. The van der Waals surface area contributed by atoms with E-state index in [4.69, 9.17) is 11.0 Å². The smallest absolute Gasteiger partial charge is 0.310 e. The van der Waals surface area contributed by atoms with E-state index >= 15 is 0 Å². The number of carbonyl (C=O) groups is 1. The van der Waals surface area contributed by atoms with Crippen molar-refractivity contribution in [3.8, 4) is 6.07 Å². The Balaban J connectivity index is 1.59. The van der Waals surface area contributed by atoms with Gasteiger partial charge in [0.2, 0.25) is 0 Å². The molecule has 1 aliphatic heterocycles. The van der Waals surface area contributed by atoms with E-state index in [2.05, 4.69) is 11.0 Å². The van der Waals surface area contributed by atoms with Crippen molar-refractivity contribution >= 4 is 5.97 Å². The number of nitrogens with two attached hydrogens (primary N) is 1. The first kappa shape index (κ1) is 16.9. The van der Waals surface area contributed by atoms with E-state index in [0.29, 0.717) is 18.7 Å². The Hall–Kier alpha value is -1.90. The van der Waals surface area contributed by atoms with Crippen LogP contribution in [-0.2, 0) is 11.2 Å². The highest BCUT2D eigenvalue weighted by Crippen LogP contribution is 2.47. The number of rotatable bonds is 6. The van der Waals surface area contributed by atoms with Gasteiger partial charge in [0.15, 0.2) is 0 Å². The van der Waals surface area contributed by atoms with E-state index in [1.165, 1.54) is 5.56 Å². The summed E-state index contributed by atoms with van der Waals surface area (Å²) in [6, 6.07) is 9.90. The van der Waals surface area contributed by atoms with Crippen LogP contribution >= 0.6 is 0 Å². The Bertz CT molecular complexity index is 636. The molecule has 1 aliphatic carbocycles. The van der Waals surface area contributed by atoms with Crippen LogP contribution < -0.4 is 5.73 Å². The van der Waals surface area contributed by atoms with E-state index in [1.807, 2.05) is 24.3 Å².